The third-order valence-electron chi connectivity index (χ3n) is 3.39. The summed E-state index contributed by atoms with van der Waals surface area (Å²) in [7, 11) is 0. The third-order valence-corrected chi connectivity index (χ3v) is 4.60. The van der Waals surface area contributed by atoms with E-state index in [-0.39, 0.29) is 0 Å². The van der Waals surface area contributed by atoms with Gasteiger partial charge in [-0.3, -0.25) is 4.68 Å². The van der Waals surface area contributed by atoms with E-state index in [2.05, 4.69) is 46.4 Å². The molecule has 0 radical (unpaired) electrons. The van der Waals surface area contributed by atoms with Gasteiger partial charge in [0.25, 0.3) is 0 Å². The standard InChI is InChI=1S/C15H19N3S/c1-3-15(12-19-10-1)17-14-6-4-13(5-7-14)11-18-9-2-8-16-18/h2,4-9,15,17H,1,3,10-12H2. The van der Waals surface area contributed by atoms with E-state index >= 15 is 0 Å². The first kappa shape index (κ1) is 12.6. The third kappa shape index (κ3) is 3.53. The molecule has 0 spiro atoms. The van der Waals surface area contributed by atoms with Crippen LogP contribution in [-0.4, -0.2) is 27.3 Å². The number of hydrogen-bond acceptors (Lipinski definition) is 3. The molecule has 3 rings (SSSR count). The van der Waals surface area contributed by atoms with Gasteiger partial charge in [0, 0.05) is 29.9 Å². The number of thioether (sulfide) groups is 1. The Kier molecular flexibility index (Phi) is 4.08. The Morgan fingerprint density at radius 1 is 1.32 bits per heavy atom. The molecule has 1 aliphatic heterocycles. The van der Waals surface area contributed by atoms with Crippen LogP contribution in [0, 0.1) is 0 Å². The van der Waals surface area contributed by atoms with Crippen molar-refractivity contribution in [2.24, 2.45) is 0 Å². The lowest BCUT2D eigenvalue weighted by atomic mass is 10.1. The predicted octanol–water partition coefficient (Wildman–Crippen LogP) is 3.24. The molecule has 1 fully saturated rings. The van der Waals surface area contributed by atoms with Gasteiger partial charge in [0.15, 0.2) is 0 Å². The molecule has 2 heterocycles. The van der Waals surface area contributed by atoms with Gasteiger partial charge < -0.3 is 5.32 Å². The predicted molar refractivity (Wildman–Crippen MR) is 81.7 cm³/mol. The minimum absolute atomic E-state index is 0.635. The second kappa shape index (κ2) is 6.15. The lowest BCUT2D eigenvalue weighted by Gasteiger charge is -2.23. The zero-order valence-corrected chi connectivity index (χ0v) is 11.8. The first-order chi connectivity index (χ1) is 9.40. The summed E-state index contributed by atoms with van der Waals surface area (Å²) in [5.74, 6) is 2.55. The summed E-state index contributed by atoms with van der Waals surface area (Å²) >= 11 is 2.05. The first-order valence-electron chi connectivity index (χ1n) is 6.81. The molecule has 1 aromatic carbocycles. The molecule has 1 saturated heterocycles. The summed E-state index contributed by atoms with van der Waals surface area (Å²) in [6.07, 6.45) is 6.43. The lowest BCUT2D eigenvalue weighted by Crippen LogP contribution is -2.25. The molecular weight excluding hydrogens is 254 g/mol. The van der Waals surface area contributed by atoms with Crippen molar-refractivity contribution in [3.63, 3.8) is 0 Å². The smallest absolute Gasteiger partial charge is 0.0659 e. The molecule has 3 nitrogen and oxygen atoms in total. The summed E-state index contributed by atoms with van der Waals surface area (Å²) in [4.78, 5) is 0. The van der Waals surface area contributed by atoms with Crippen molar-refractivity contribution in [2.75, 3.05) is 16.8 Å². The average molecular weight is 273 g/mol. The Balaban J connectivity index is 1.58. The van der Waals surface area contributed by atoms with E-state index in [1.54, 1.807) is 0 Å². The van der Waals surface area contributed by atoms with Crippen LogP contribution in [0.4, 0.5) is 5.69 Å². The van der Waals surface area contributed by atoms with Gasteiger partial charge in [0.1, 0.15) is 0 Å². The van der Waals surface area contributed by atoms with E-state index in [1.807, 2.05) is 23.1 Å². The fourth-order valence-corrected chi connectivity index (χ4v) is 3.45. The largest absolute Gasteiger partial charge is 0.381 e. The summed E-state index contributed by atoms with van der Waals surface area (Å²) in [5, 5.41) is 7.85. The second-order valence-electron chi connectivity index (χ2n) is 4.96. The molecule has 0 bridgehead atoms. The van der Waals surface area contributed by atoms with Gasteiger partial charge in [-0.1, -0.05) is 12.1 Å². The fourth-order valence-electron chi connectivity index (χ4n) is 2.38. The van der Waals surface area contributed by atoms with Gasteiger partial charge in [-0.15, -0.1) is 0 Å². The van der Waals surface area contributed by atoms with E-state index in [1.165, 1.54) is 35.6 Å². The topological polar surface area (TPSA) is 29.9 Å². The highest BCUT2D eigenvalue weighted by Crippen LogP contribution is 2.21. The van der Waals surface area contributed by atoms with E-state index in [9.17, 15) is 0 Å². The molecule has 1 atom stereocenters. The maximum atomic E-state index is 4.23. The summed E-state index contributed by atoms with van der Waals surface area (Å²) < 4.78 is 1.94. The van der Waals surface area contributed by atoms with Crippen LogP contribution in [0.3, 0.4) is 0 Å². The molecular formula is C15H19N3S. The van der Waals surface area contributed by atoms with Crippen LogP contribution >= 0.6 is 11.8 Å². The zero-order chi connectivity index (χ0) is 12.9. The molecule has 1 aromatic heterocycles. The number of nitrogens with zero attached hydrogens (tertiary/aromatic N) is 2. The minimum Gasteiger partial charge on any atom is -0.381 e. The monoisotopic (exact) mass is 273 g/mol. The molecule has 1 unspecified atom stereocenters. The van der Waals surface area contributed by atoms with Crippen molar-refractivity contribution >= 4 is 17.4 Å². The summed E-state index contributed by atoms with van der Waals surface area (Å²) in [6.45, 7) is 0.840. The van der Waals surface area contributed by atoms with Crippen molar-refractivity contribution < 1.29 is 0 Å². The molecule has 1 aliphatic rings. The van der Waals surface area contributed by atoms with Crippen LogP contribution in [-0.2, 0) is 6.54 Å². The molecule has 1 N–H and O–H groups in total. The van der Waals surface area contributed by atoms with Crippen LogP contribution in [0.2, 0.25) is 0 Å². The Bertz CT molecular complexity index is 487. The first-order valence-corrected chi connectivity index (χ1v) is 7.96. The fraction of sp³-hybridized carbons (Fsp3) is 0.400. The molecule has 0 aliphatic carbocycles. The quantitative estimate of drug-likeness (QED) is 0.927. The molecule has 0 saturated carbocycles. The van der Waals surface area contributed by atoms with Crippen LogP contribution < -0.4 is 5.32 Å². The van der Waals surface area contributed by atoms with Crippen LogP contribution in [0.5, 0.6) is 0 Å². The van der Waals surface area contributed by atoms with Crippen LogP contribution in [0.25, 0.3) is 0 Å². The van der Waals surface area contributed by atoms with Gasteiger partial charge >= 0.3 is 0 Å². The maximum Gasteiger partial charge on any atom is 0.0659 e. The summed E-state index contributed by atoms with van der Waals surface area (Å²) in [6, 6.07) is 11.3. The number of benzene rings is 1. The van der Waals surface area contributed by atoms with Crippen LogP contribution in [0.15, 0.2) is 42.7 Å². The Morgan fingerprint density at radius 3 is 2.89 bits per heavy atom. The SMILES string of the molecule is c1cnn(Cc2ccc(NC3CCCSC3)cc2)c1. The number of nitrogens with one attached hydrogen (secondary N) is 1. The number of hydrogen-bond donors (Lipinski definition) is 1. The lowest BCUT2D eigenvalue weighted by molar-refractivity contribution is 0.682. The van der Waals surface area contributed by atoms with Gasteiger partial charge in [-0.25, -0.2) is 0 Å². The Hall–Kier alpha value is -1.42. The maximum absolute atomic E-state index is 4.23. The Morgan fingerprint density at radius 2 is 2.21 bits per heavy atom. The van der Waals surface area contributed by atoms with E-state index in [0.29, 0.717) is 6.04 Å². The van der Waals surface area contributed by atoms with Crippen molar-refractivity contribution in [1.29, 1.82) is 0 Å². The highest BCUT2D eigenvalue weighted by Gasteiger charge is 2.12. The van der Waals surface area contributed by atoms with Gasteiger partial charge in [-0.05, 0) is 42.4 Å². The molecule has 4 heteroatoms. The van der Waals surface area contributed by atoms with Gasteiger partial charge in [-0.2, -0.15) is 16.9 Å². The van der Waals surface area contributed by atoms with Crippen molar-refractivity contribution in [3.05, 3.63) is 48.3 Å². The number of aromatic nitrogens is 2. The molecule has 2 aromatic rings. The highest BCUT2D eigenvalue weighted by atomic mass is 32.2. The van der Waals surface area contributed by atoms with Crippen molar-refractivity contribution in [2.45, 2.75) is 25.4 Å². The van der Waals surface area contributed by atoms with E-state index in [0.717, 1.165) is 6.54 Å². The highest BCUT2D eigenvalue weighted by molar-refractivity contribution is 7.99. The Labute approximate surface area is 118 Å². The number of anilines is 1. The summed E-state index contributed by atoms with van der Waals surface area (Å²) in [5.41, 5.74) is 2.52. The van der Waals surface area contributed by atoms with Crippen molar-refractivity contribution in [3.8, 4) is 0 Å². The molecule has 0 amide bonds. The molecule has 100 valence electrons. The van der Waals surface area contributed by atoms with E-state index in [4.69, 9.17) is 0 Å². The van der Waals surface area contributed by atoms with Crippen LogP contribution in [0.1, 0.15) is 18.4 Å². The average Bonchev–Trinajstić information content (AvgIpc) is 2.95. The van der Waals surface area contributed by atoms with Crippen molar-refractivity contribution in [1.82, 2.24) is 9.78 Å². The zero-order valence-electron chi connectivity index (χ0n) is 11.0. The normalized spacial score (nSPS) is 19.3. The second-order valence-corrected chi connectivity index (χ2v) is 6.11. The van der Waals surface area contributed by atoms with E-state index < -0.39 is 0 Å². The minimum atomic E-state index is 0.635. The number of rotatable bonds is 4. The van der Waals surface area contributed by atoms with Gasteiger partial charge in [0.05, 0.1) is 6.54 Å². The van der Waals surface area contributed by atoms with Gasteiger partial charge in [0.2, 0.25) is 0 Å². The molecule has 19 heavy (non-hydrogen) atoms.